The van der Waals surface area contributed by atoms with Crippen LogP contribution in [0.5, 0.6) is 0 Å². The monoisotopic (exact) mass is 271 g/mol. The van der Waals surface area contributed by atoms with Crippen molar-refractivity contribution in [2.75, 3.05) is 6.54 Å². The minimum absolute atomic E-state index is 0.301. The normalized spacial score (nSPS) is 14.2. The third-order valence-corrected chi connectivity index (χ3v) is 3.85. The van der Waals surface area contributed by atoms with Crippen LogP contribution in [0.15, 0.2) is 40.8 Å². The second-order valence-electron chi connectivity index (χ2n) is 5.50. The van der Waals surface area contributed by atoms with Gasteiger partial charge in [-0.25, -0.2) is 0 Å². The van der Waals surface area contributed by atoms with Crippen LogP contribution in [0.2, 0.25) is 0 Å². The van der Waals surface area contributed by atoms with Crippen molar-refractivity contribution in [1.82, 2.24) is 5.32 Å². The van der Waals surface area contributed by atoms with Crippen molar-refractivity contribution in [3.05, 3.63) is 59.0 Å². The Morgan fingerprint density at radius 3 is 2.40 bits per heavy atom. The average molecular weight is 271 g/mol. The van der Waals surface area contributed by atoms with Crippen molar-refractivity contribution in [2.45, 2.75) is 46.1 Å². The van der Waals surface area contributed by atoms with Gasteiger partial charge in [-0.1, -0.05) is 44.2 Å². The smallest absolute Gasteiger partial charge is 0.105 e. The van der Waals surface area contributed by atoms with Gasteiger partial charge in [-0.15, -0.1) is 0 Å². The lowest BCUT2D eigenvalue weighted by Gasteiger charge is -2.25. The second kappa shape index (κ2) is 6.76. The average Bonchev–Trinajstić information content (AvgIpc) is 2.79. The van der Waals surface area contributed by atoms with Gasteiger partial charge < -0.3 is 9.73 Å². The van der Waals surface area contributed by atoms with Crippen molar-refractivity contribution >= 4 is 0 Å². The summed E-state index contributed by atoms with van der Waals surface area (Å²) in [5.41, 5.74) is 2.65. The zero-order valence-electron chi connectivity index (χ0n) is 12.9. The molecule has 0 saturated heterocycles. The predicted octanol–water partition coefficient (Wildman–Crippen LogP) is 4.74. The third-order valence-electron chi connectivity index (χ3n) is 3.85. The van der Waals surface area contributed by atoms with E-state index in [0.29, 0.717) is 12.0 Å². The molecule has 108 valence electrons. The molecule has 2 heteroatoms. The molecule has 2 atom stereocenters. The van der Waals surface area contributed by atoms with Gasteiger partial charge in [0.15, 0.2) is 0 Å². The van der Waals surface area contributed by atoms with Gasteiger partial charge in [0.25, 0.3) is 0 Å². The fourth-order valence-electron chi connectivity index (χ4n) is 2.76. The molecule has 1 N–H and O–H groups in total. The zero-order valence-corrected chi connectivity index (χ0v) is 12.9. The van der Waals surface area contributed by atoms with Crippen LogP contribution in [-0.4, -0.2) is 6.54 Å². The number of furan rings is 1. The highest BCUT2D eigenvalue weighted by Gasteiger charge is 2.23. The molecule has 0 radical (unpaired) electrons. The first kappa shape index (κ1) is 14.9. The van der Waals surface area contributed by atoms with Crippen molar-refractivity contribution in [3.63, 3.8) is 0 Å². The van der Waals surface area contributed by atoms with Gasteiger partial charge in [-0.05, 0) is 38.4 Å². The number of hydrogen-bond acceptors (Lipinski definition) is 2. The van der Waals surface area contributed by atoms with Gasteiger partial charge in [0.1, 0.15) is 11.5 Å². The van der Waals surface area contributed by atoms with Gasteiger partial charge in [0.05, 0.1) is 0 Å². The zero-order chi connectivity index (χ0) is 14.5. The minimum Gasteiger partial charge on any atom is -0.466 e. The first-order chi connectivity index (χ1) is 9.63. The summed E-state index contributed by atoms with van der Waals surface area (Å²) in [4.78, 5) is 0. The minimum atomic E-state index is 0.301. The van der Waals surface area contributed by atoms with Gasteiger partial charge in [0, 0.05) is 17.5 Å². The molecule has 0 bridgehead atoms. The molecule has 20 heavy (non-hydrogen) atoms. The van der Waals surface area contributed by atoms with Crippen LogP contribution in [0.4, 0.5) is 0 Å². The van der Waals surface area contributed by atoms with E-state index in [1.54, 1.807) is 0 Å². The van der Waals surface area contributed by atoms with Crippen LogP contribution in [-0.2, 0) is 0 Å². The predicted molar refractivity (Wildman–Crippen MR) is 84.1 cm³/mol. The molecule has 0 saturated carbocycles. The van der Waals surface area contributed by atoms with Gasteiger partial charge >= 0.3 is 0 Å². The van der Waals surface area contributed by atoms with E-state index in [4.69, 9.17) is 4.42 Å². The van der Waals surface area contributed by atoms with E-state index in [9.17, 15) is 0 Å². The molecule has 0 fully saturated rings. The van der Waals surface area contributed by atoms with Crippen LogP contribution in [0.25, 0.3) is 0 Å². The van der Waals surface area contributed by atoms with Crippen LogP contribution < -0.4 is 5.32 Å². The Morgan fingerprint density at radius 1 is 1.15 bits per heavy atom. The largest absolute Gasteiger partial charge is 0.466 e. The van der Waals surface area contributed by atoms with E-state index >= 15 is 0 Å². The molecule has 0 spiro atoms. The molecule has 2 aromatic rings. The molecule has 1 aromatic carbocycles. The summed E-state index contributed by atoms with van der Waals surface area (Å²) >= 11 is 0. The molecular formula is C18H25NO. The maximum absolute atomic E-state index is 5.72. The van der Waals surface area contributed by atoms with Gasteiger partial charge in [-0.2, -0.15) is 0 Å². The van der Waals surface area contributed by atoms with Crippen LogP contribution in [0.1, 0.15) is 54.9 Å². The van der Waals surface area contributed by atoms with E-state index in [1.807, 2.05) is 6.92 Å². The van der Waals surface area contributed by atoms with E-state index < -0.39 is 0 Å². The van der Waals surface area contributed by atoms with Gasteiger partial charge in [0.2, 0.25) is 0 Å². The quantitative estimate of drug-likeness (QED) is 0.821. The number of benzene rings is 1. The number of aryl methyl sites for hydroxylation is 2. The fourth-order valence-corrected chi connectivity index (χ4v) is 2.76. The summed E-state index contributed by atoms with van der Waals surface area (Å²) < 4.78 is 5.72. The first-order valence-corrected chi connectivity index (χ1v) is 7.48. The summed E-state index contributed by atoms with van der Waals surface area (Å²) in [5, 5.41) is 3.68. The Kier molecular flexibility index (Phi) is 5.02. The van der Waals surface area contributed by atoms with Crippen molar-refractivity contribution in [3.8, 4) is 0 Å². The summed E-state index contributed by atoms with van der Waals surface area (Å²) in [6.45, 7) is 9.57. The molecule has 0 aliphatic carbocycles. The summed E-state index contributed by atoms with van der Waals surface area (Å²) in [6, 6.07) is 13.2. The Bertz CT molecular complexity index is 530. The van der Waals surface area contributed by atoms with Crippen LogP contribution in [0, 0.1) is 13.8 Å². The fraction of sp³-hybridized carbons (Fsp3) is 0.444. The molecule has 2 rings (SSSR count). The molecule has 1 aromatic heterocycles. The first-order valence-electron chi connectivity index (χ1n) is 7.48. The molecule has 0 aliphatic heterocycles. The summed E-state index contributed by atoms with van der Waals surface area (Å²) in [6.07, 6.45) is 1.13. The highest BCUT2D eigenvalue weighted by Crippen LogP contribution is 2.33. The topological polar surface area (TPSA) is 25.2 Å². The number of rotatable bonds is 6. The molecule has 0 aliphatic rings. The van der Waals surface area contributed by atoms with E-state index in [0.717, 1.165) is 24.5 Å². The van der Waals surface area contributed by atoms with Crippen molar-refractivity contribution in [1.29, 1.82) is 0 Å². The van der Waals surface area contributed by atoms with E-state index in [2.05, 4.69) is 62.5 Å². The highest BCUT2D eigenvalue weighted by molar-refractivity contribution is 5.30. The van der Waals surface area contributed by atoms with Crippen molar-refractivity contribution < 1.29 is 4.42 Å². The lowest BCUT2D eigenvalue weighted by molar-refractivity contribution is 0.447. The molecular weight excluding hydrogens is 246 g/mol. The molecule has 1 heterocycles. The molecule has 2 unspecified atom stereocenters. The van der Waals surface area contributed by atoms with E-state index in [1.165, 1.54) is 11.1 Å². The Morgan fingerprint density at radius 2 is 1.85 bits per heavy atom. The summed E-state index contributed by atoms with van der Waals surface area (Å²) in [7, 11) is 0. The standard InChI is InChI=1S/C18H25NO/c1-5-11-19-18(17-12-13(2)20-15(17)4)14(3)16-9-7-6-8-10-16/h6-10,12,14,18-19H,5,11H2,1-4H3. The maximum Gasteiger partial charge on any atom is 0.105 e. The third kappa shape index (κ3) is 3.31. The highest BCUT2D eigenvalue weighted by atomic mass is 16.3. The summed E-state index contributed by atoms with van der Waals surface area (Å²) in [5.74, 6) is 2.43. The molecule has 2 nitrogen and oxygen atoms in total. The SMILES string of the molecule is CCCNC(c1cc(C)oc1C)C(C)c1ccccc1. The van der Waals surface area contributed by atoms with E-state index in [-0.39, 0.29) is 0 Å². The Balaban J connectivity index is 2.30. The number of hydrogen-bond donors (Lipinski definition) is 1. The maximum atomic E-state index is 5.72. The van der Waals surface area contributed by atoms with Crippen molar-refractivity contribution in [2.24, 2.45) is 0 Å². The number of nitrogens with one attached hydrogen (secondary N) is 1. The Hall–Kier alpha value is -1.54. The van der Waals surface area contributed by atoms with Crippen LogP contribution in [0.3, 0.4) is 0 Å². The second-order valence-corrected chi connectivity index (χ2v) is 5.50. The lowest BCUT2D eigenvalue weighted by Crippen LogP contribution is -2.27. The van der Waals surface area contributed by atoms with Crippen LogP contribution >= 0.6 is 0 Å². The molecule has 0 amide bonds. The lowest BCUT2D eigenvalue weighted by atomic mass is 9.88. The van der Waals surface area contributed by atoms with Gasteiger partial charge in [-0.3, -0.25) is 0 Å². The Labute approximate surface area is 122 Å².